The first-order valence-electron chi connectivity index (χ1n) is 9.18. The lowest BCUT2D eigenvalue weighted by molar-refractivity contribution is 0.287. The number of nitrogens with one attached hydrogen (secondary N) is 2. The molecule has 2 N–H and O–H groups in total. The molecular formula is C21H22FN3O2. The number of H-pyrrole nitrogens is 1. The van der Waals surface area contributed by atoms with Crippen LogP contribution in [0.5, 0.6) is 11.5 Å². The Kier molecular flexibility index (Phi) is 4.71. The summed E-state index contributed by atoms with van der Waals surface area (Å²) >= 11 is 0. The van der Waals surface area contributed by atoms with E-state index in [1.807, 2.05) is 32.0 Å². The lowest BCUT2D eigenvalue weighted by atomic mass is 10.1. The van der Waals surface area contributed by atoms with Gasteiger partial charge in [0.05, 0.1) is 18.9 Å². The van der Waals surface area contributed by atoms with E-state index in [9.17, 15) is 4.39 Å². The van der Waals surface area contributed by atoms with Gasteiger partial charge < -0.3 is 14.8 Å². The predicted octanol–water partition coefficient (Wildman–Crippen LogP) is 4.53. The molecule has 0 spiro atoms. The molecule has 140 valence electrons. The molecule has 1 aliphatic rings. The van der Waals surface area contributed by atoms with Gasteiger partial charge in [-0.15, -0.1) is 0 Å². The number of anilines is 1. The highest BCUT2D eigenvalue weighted by molar-refractivity contribution is 5.80. The maximum Gasteiger partial charge on any atom is 0.161 e. The first kappa shape index (κ1) is 17.4. The summed E-state index contributed by atoms with van der Waals surface area (Å²) in [6.07, 6.45) is 0.743. The number of hydrogen-bond donors (Lipinski definition) is 2. The lowest BCUT2D eigenvalue weighted by Gasteiger charge is -2.13. The summed E-state index contributed by atoms with van der Waals surface area (Å²) in [5.41, 5.74) is 4.81. The number of fused-ring (bicyclic) bond motifs is 3. The van der Waals surface area contributed by atoms with Crippen molar-refractivity contribution < 1.29 is 13.9 Å². The largest absolute Gasteiger partial charge is 0.490 e. The van der Waals surface area contributed by atoms with Crippen LogP contribution >= 0.6 is 0 Å². The highest BCUT2D eigenvalue weighted by atomic mass is 19.1. The Morgan fingerprint density at radius 1 is 1.11 bits per heavy atom. The molecule has 2 aromatic carbocycles. The number of aromatic amines is 1. The lowest BCUT2D eigenvalue weighted by Crippen LogP contribution is -2.04. The van der Waals surface area contributed by atoms with Crippen LogP contribution < -0.4 is 14.8 Å². The maximum atomic E-state index is 13.8. The second kappa shape index (κ2) is 7.31. The van der Waals surface area contributed by atoms with Crippen molar-refractivity contribution >= 4 is 5.82 Å². The molecule has 0 fully saturated rings. The van der Waals surface area contributed by atoms with Gasteiger partial charge in [-0.05, 0) is 37.6 Å². The normalized spacial score (nSPS) is 11.8. The summed E-state index contributed by atoms with van der Waals surface area (Å²) < 4.78 is 25.3. The van der Waals surface area contributed by atoms with Gasteiger partial charge >= 0.3 is 0 Å². The van der Waals surface area contributed by atoms with Gasteiger partial charge in [-0.2, -0.15) is 5.10 Å². The molecular weight excluding hydrogens is 345 g/mol. The first-order chi connectivity index (χ1) is 13.2. The van der Waals surface area contributed by atoms with Crippen LogP contribution in [-0.2, 0) is 13.0 Å². The van der Waals surface area contributed by atoms with Crippen molar-refractivity contribution in [2.75, 3.05) is 18.5 Å². The Hall–Kier alpha value is -3.02. The predicted molar refractivity (Wildman–Crippen MR) is 103 cm³/mol. The highest BCUT2D eigenvalue weighted by Crippen LogP contribution is 2.44. The number of ether oxygens (including phenoxy) is 2. The molecule has 0 saturated heterocycles. The second-order valence-electron chi connectivity index (χ2n) is 6.37. The van der Waals surface area contributed by atoms with E-state index in [1.54, 1.807) is 12.1 Å². The van der Waals surface area contributed by atoms with Crippen LogP contribution in [0.2, 0.25) is 0 Å². The van der Waals surface area contributed by atoms with E-state index in [2.05, 4.69) is 15.5 Å². The van der Waals surface area contributed by atoms with Crippen molar-refractivity contribution in [3.63, 3.8) is 0 Å². The van der Waals surface area contributed by atoms with Crippen LogP contribution in [0, 0.1) is 5.82 Å². The maximum absolute atomic E-state index is 13.8. The summed E-state index contributed by atoms with van der Waals surface area (Å²) in [5.74, 6) is 2.09. The van der Waals surface area contributed by atoms with Gasteiger partial charge in [0.2, 0.25) is 0 Å². The van der Waals surface area contributed by atoms with Crippen molar-refractivity contribution in [1.82, 2.24) is 10.2 Å². The molecule has 1 aromatic heterocycles. The quantitative estimate of drug-likeness (QED) is 0.504. The van der Waals surface area contributed by atoms with Crippen molar-refractivity contribution in [3.8, 4) is 22.8 Å². The van der Waals surface area contributed by atoms with E-state index in [0.717, 1.165) is 46.1 Å². The van der Waals surface area contributed by atoms with Crippen LogP contribution in [0.1, 0.15) is 30.5 Å². The molecule has 0 bridgehead atoms. The van der Waals surface area contributed by atoms with Crippen LogP contribution in [-0.4, -0.2) is 23.4 Å². The summed E-state index contributed by atoms with van der Waals surface area (Å²) in [6.45, 7) is 5.46. The Morgan fingerprint density at radius 2 is 1.85 bits per heavy atom. The van der Waals surface area contributed by atoms with E-state index < -0.39 is 0 Å². The third kappa shape index (κ3) is 3.23. The second-order valence-corrected chi connectivity index (χ2v) is 6.37. The average Bonchev–Trinajstić information content (AvgIpc) is 3.21. The van der Waals surface area contributed by atoms with Crippen molar-refractivity contribution in [3.05, 3.63) is 58.9 Å². The molecule has 6 heteroatoms. The van der Waals surface area contributed by atoms with Gasteiger partial charge in [0.1, 0.15) is 11.6 Å². The standard InChI is InChI=1S/C21H22FN3O2/c1-3-26-18-10-14-9-16-20(15(14)11-19(18)27-4-2)24-25-21(16)23-12-13-7-5-6-8-17(13)22/h5-8,10-11H,3-4,9,12H2,1-2H3,(H2,23,24,25). The molecule has 3 aromatic rings. The zero-order valence-corrected chi connectivity index (χ0v) is 15.4. The highest BCUT2D eigenvalue weighted by Gasteiger charge is 2.27. The number of halogens is 1. The minimum absolute atomic E-state index is 0.216. The summed E-state index contributed by atoms with van der Waals surface area (Å²) in [4.78, 5) is 0. The van der Waals surface area contributed by atoms with Gasteiger partial charge in [-0.1, -0.05) is 18.2 Å². The molecule has 5 nitrogen and oxygen atoms in total. The van der Waals surface area contributed by atoms with Gasteiger partial charge in [0, 0.05) is 29.7 Å². The topological polar surface area (TPSA) is 59.2 Å². The fraction of sp³-hybridized carbons (Fsp3) is 0.286. The third-order valence-electron chi connectivity index (χ3n) is 4.67. The van der Waals surface area contributed by atoms with Crippen LogP contribution in [0.15, 0.2) is 36.4 Å². The van der Waals surface area contributed by atoms with Crippen molar-refractivity contribution in [2.24, 2.45) is 0 Å². The molecule has 27 heavy (non-hydrogen) atoms. The summed E-state index contributed by atoms with van der Waals surface area (Å²) in [7, 11) is 0. The smallest absolute Gasteiger partial charge is 0.161 e. The van der Waals surface area contributed by atoms with Crippen LogP contribution in [0.3, 0.4) is 0 Å². The fourth-order valence-corrected chi connectivity index (χ4v) is 3.43. The summed E-state index contributed by atoms with van der Waals surface area (Å²) in [6, 6.07) is 10.8. The van der Waals surface area contributed by atoms with E-state index >= 15 is 0 Å². The molecule has 0 radical (unpaired) electrons. The van der Waals surface area contributed by atoms with Crippen molar-refractivity contribution in [1.29, 1.82) is 0 Å². The van der Waals surface area contributed by atoms with E-state index in [4.69, 9.17) is 9.47 Å². The van der Waals surface area contributed by atoms with Gasteiger partial charge in [0.15, 0.2) is 11.5 Å². The molecule has 1 heterocycles. The van der Waals surface area contributed by atoms with E-state index in [0.29, 0.717) is 25.3 Å². The summed E-state index contributed by atoms with van der Waals surface area (Å²) in [5, 5.41) is 10.8. The molecule has 0 unspecified atom stereocenters. The Balaban J connectivity index is 1.60. The molecule has 0 saturated carbocycles. The van der Waals surface area contributed by atoms with Gasteiger partial charge in [-0.25, -0.2) is 4.39 Å². The minimum Gasteiger partial charge on any atom is -0.490 e. The first-order valence-corrected chi connectivity index (χ1v) is 9.18. The number of benzene rings is 2. The number of nitrogens with zero attached hydrogens (tertiary/aromatic N) is 1. The van der Waals surface area contributed by atoms with Crippen LogP contribution in [0.25, 0.3) is 11.3 Å². The molecule has 1 aliphatic carbocycles. The van der Waals surface area contributed by atoms with Crippen LogP contribution in [0.4, 0.5) is 10.2 Å². The Labute approximate surface area is 157 Å². The van der Waals surface area contributed by atoms with E-state index in [1.165, 1.54) is 6.07 Å². The van der Waals surface area contributed by atoms with Gasteiger partial charge in [0.25, 0.3) is 0 Å². The Bertz CT molecular complexity index is 968. The molecule has 0 amide bonds. The van der Waals surface area contributed by atoms with Gasteiger partial charge in [-0.3, -0.25) is 5.10 Å². The minimum atomic E-state index is -0.216. The zero-order chi connectivity index (χ0) is 18.8. The molecule has 0 atom stereocenters. The molecule has 4 rings (SSSR count). The number of rotatable bonds is 7. The van der Waals surface area contributed by atoms with E-state index in [-0.39, 0.29) is 5.82 Å². The monoisotopic (exact) mass is 367 g/mol. The average molecular weight is 367 g/mol. The number of aromatic nitrogens is 2. The van der Waals surface area contributed by atoms with Crippen molar-refractivity contribution in [2.45, 2.75) is 26.8 Å². The zero-order valence-electron chi connectivity index (χ0n) is 15.4. The third-order valence-corrected chi connectivity index (χ3v) is 4.67. The number of hydrogen-bond acceptors (Lipinski definition) is 4. The fourth-order valence-electron chi connectivity index (χ4n) is 3.43. The SMILES string of the molecule is CCOc1cc2c(cc1OCC)-c1n[nH]c(NCc3ccccc3F)c1C2. The molecule has 0 aliphatic heterocycles. The Morgan fingerprint density at radius 3 is 2.59 bits per heavy atom.